The summed E-state index contributed by atoms with van der Waals surface area (Å²) < 4.78 is 28.6. The van der Waals surface area contributed by atoms with Crippen LogP contribution in [0.15, 0.2) is 34.1 Å². The molecule has 26 heavy (non-hydrogen) atoms. The third-order valence-electron chi connectivity index (χ3n) is 4.48. The summed E-state index contributed by atoms with van der Waals surface area (Å²) in [5, 5.41) is 0.460. The Morgan fingerprint density at radius 3 is 2.19 bits per heavy atom. The van der Waals surface area contributed by atoms with Gasteiger partial charge in [0.1, 0.15) is 4.90 Å². The smallest absolute Gasteiger partial charge is 0.256 e. The van der Waals surface area contributed by atoms with Gasteiger partial charge in [-0.25, -0.2) is 8.42 Å². The molecule has 0 radical (unpaired) electrons. The lowest BCUT2D eigenvalue weighted by Crippen LogP contribution is -2.24. The van der Waals surface area contributed by atoms with Crippen LogP contribution in [0.25, 0.3) is 0 Å². The minimum atomic E-state index is -3.85. The van der Waals surface area contributed by atoms with Crippen LogP contribution in [-0.2, 0) is 16.4 Å². The van der Waals surface area contributed by atoms with Crippen molar-refractivity contribution in [1.82, 2.24) is 9.47 Å². The van der Waals surface area contributed by atoms with Crippen LogP contribution in [0.5, 0.6) is 0 Å². The van der Waals surface area contributed by atoms with Crippen molar-refractivity contribution in [1.29, 1.82) is 0 Å². The van der Waals surface area contributed by atoms with Crippen molar-refractivity contribution in [2.45, 2.75) is 49.9 Å². The molecule has 1 aromatic carbocycles. The summed E-state index contributed by atoms with van der Waals surface area (Å²) in [5.41, 5.74) is 1.52. The number of unbranched alkanes of at least 4 members (excludes halogenated alkanes) is 1. The molecular weight excluding hydrogens is 372 g/mol. The lowest BCUT2D eigenvalue weighted by atomic mass is 10.2. The van der Waals surface area contributed by atoms with E-state index < -0.39 is 9.84 Å². The molecular formula is C19H25ClN2O3S. The van der Waals surface area contributed by atoms with E-state index in [1.807, 2.05) is 4.57 Å². The monoisotopic (exact) mass is 396 g/mol. The largest absolute Gasteiger partial charge is 0.347 e. The molecule has 142 valence electrons. The third kappa shape index (κ3) is 3.67. The van der Waals surface area contributed by atoms with E-state index in [1.165, 1.54) is 29.2 Å². The van der Waals surface area contributed by atoms with Crippen molar-refractivity contribution in [3.8, 4) is 0 Å². The molecule has 7 heteroatoms. The van der Waals surface area contributed by atoms with E-state index in [9.17, 15) is 13.2 Å². The maximum absolute atomic E-state index is 13.3. The molecule has 0 aliphatic heterocycles. The molecule has 0 aliphatic carbocycles. The maximum Gasteiger partial charge on any atom is 0.256 e. The number of amides is 1. The Balaban J connectivity index is 2.77. The van der Waals surface area contributed by atoms with E-state index in [-0.39, 0.29) is 21.3 Å². The predicted octanol–water partition coefficient (Wildman–Crippen LogP) is 4.09. The van der Waals surface area contributed by atoms with Gasteiger partial charge in [-0.1, -0.05) is 24.9 Å². The van der Waals surface area contributed by atoms with Crippen LogP contribution < -0.4 is 0 Å². The predicted molar refractivity (Wildman–Crippen MR) is 104 cm³/mol. The molecule has 1 aromatic heterocycles. The minimum Gasteiger partial charge on any atom is -0.347 e. The first-order valence-corrected chi connectivity index (χ1v) is 10.4. The first-order valence-electron chi connectivity index (χ1n) is 8.54. The molecule has 5 nitrogen and oxygen atoms in total. The second-order valence-electron chi connectivity index (χ2n) is 6.54. The number of hydrogen-bond donors (Lipinski definition) is 0. The number of aromatic nitrogens is 1. The first kappa shape index (κ1) is 20.5. The van der Waals surface area contributed by atoms with E-state index >= 15 is 0 Å². The van der Waals surface area contributed by atoms with Gasteiger partial charge in [0.15, 0.2) is 0 Å². The van der Waals surface area contributed by atoms with Crippen molar-refractivity contribution in [2.24, 2.45) is 0 Å². The molecule has 0 N–H and O–H groups in total. The first-order chi connectivity index (χ1) is 12.1. The van der Waals surface area contributed by atoms with E-state index in [2.05, 4.69) is 6.92 Å². The van der Waals surface area contributed by atoms with Crippen LogP contribution in [0.3, 0.4) is 0 Å². The van der Waals surface area contributed by atoms with Crippen molar-refractivity contribution in [3.63, 3.8) is 0 Å². The number of benzene rings is 1. The zero-order valence-electron chi connectivity index (χ0n) is 15.8. The quantitative estimate of drug-likeness (QED) is 0.738. The van der Waals surface area contributed by atoms with Gasteiger partial charge < -0.3 is 9.47 Å². The number of carbonyl (C=O) groups excluding carboxylic acids is 1. The number of hydrogen-bond acceptors (Lipinski definition) is 3. The van der Waals surface area contributed by atoms with Crippen LogP contribution in [-0.4, -0.2) is 37.9 Å². The molecule has 2 aromatic rings. The Kier molecular flexibility index (Phi) is 6.19. The molecule has 0 saturated carbocycles. The SMILES string of the molecule is CCCCn1c(C)c(C(=O)N(C)C)c(S(=O)(=O)c2ccc(Cl)cc2)c1C. The number of halogens is 1. The molecule has 1 heterocycles. The lowest BCUT2D eigenvalue weighted by molar-refractivity contribution is 0.0823. The summed E-state index contributed by atoms with van der Waals surface area (Å²) in [6.07, 6.45) is 1.89. The van der Waals surface area contributed by atoms with E-state index in [0.717, 1.165) is 12.8 Å². The zero-order valence-corrected chi connectivity index (χ0v) is 17.4. The highest BCUT2D eigenvalue weighted by Gasteiger charge is 2.33. The fraction of sp³-hybridized carbons (Fsp3) is 0.421. The summed E-state index contributed by atoms with van der Waals surface area (Å²) in [7, 11) is -0.601. The molecule has 0 saturated heterocycles. The second-order valence-corrected chi connectivity index (χ2v) is 8.86. The van der Waals surface area contributed by atoms with Gasteiger partial charge in [-0.05, 0) is 44.5 Å². The standard InChI is InChI=1S/C19H25ClN2O3S/c1-6-7-12-22-13(2)17(19(23)21(4)5)18(14(22)3)26(24,25)16-10-8-15(20)9-11-16/h8-11H,6-7,12H2,1-5H3. The van der Waals surface area contributed by atoms with Gasteiger partial charge in [0.2, 0.25) is 9.84 Å². The summed E-state index contributed by atoms with van der Waals surface area (Å²) in [6, 6.07) is 6.02. The van der Waals surface area contributed by atoms with Gasteiger partial charge in [-0.2, -0.15) is 0 Å². The van der Waals surface area contributed by atoms with Gasteiger partial charge in [-0.3, -0.25) is 4.79 Å². The van der Waals surface area contributed by atoms with Gasteiger partial charge in [0, 0.05) is 37.1 Å². The van der Waals surface area contributed by atoms with Gasteiger partial charge in [-0.15, -0.1) is 0 Å². The van der Waals surface area contributed by atoms with Crippen LogP contribution in [0.4, 0.5) is 0 Å². The fourth-order valence-electron chi connectivity index (χ4n) is 3.04. The maximum atomic E-state index is 13.3. The summed E-state index contributed by atoms with van der Waals surface area (Å²) in [4.78, 5) is 14.4. The highest BCUT2D eigenvalue weighted by atomic mass is 35.5. The normalized spacial score (nSPS) is 11.6. The number of rotatable bonds is 6. The Bertz CT molecular complexity index is 913. The van der Waals surface area contributed by atoms with Crippen LogP contribution in [0.2, 0.25) is 5.02 Å². The molecule has 0 spiro atoms. The number of nitrogens with zero attached hydrogens (tertiary/aromatic N) is 2. The zero-order chi connectivity index (χ0) is 19.6. The highest BCUT2D eigenvalue weighted by Crippen LogP contribution is 2.33. The fourth-order valence-corrected chi connectivity index (χ4v) is 4.90. The van der Waals surface area contributed by atoms with Crippen molar-refractivity contribution in [3.05, 3.63) is 46.2 Å². The highest BCUT2D eigenvalue weighted by molar-refractivity contribution is 7.91. The molecule has 0 aliphatic rings. The number of sulfone groups is 1. The molecule has 2 rings (SSSR count). The van der Waals surface area contributed by atoms with Crippen LogP contribution in [0.1, 0.15) is 41.5 Å². The molecule has 0 fully saturated rings. The van der Waals surface area contributed by atoms with Crippen molar-refractivity contribution in [2.75, 3.05) is 14.1 Å². The summed E-state index contributed by atoms with van der Waals surface area (Å²) in [6.45, 7) is 6.32. The molecule has 0 unspecified atom stereocenters. The van der Waals surface area contributed by atoms with Gasteiger partial charge >= 0.3 is 0 Å². The summed E-state index contributed by atoms with van der Waals surface area (Å²) in [5.74, 6) is -0.312. The summed E-state index contributed by atoms with van der Waals surface area (Å²) >= 11 is 5.89. The van der Waals surface area contributed by atoms with Crippen molar-refractivity contribution >= 4 is 27.3 Å². The average molecular weight is 397 g/mol. The molecule has 0 bridgehead atoms. The topological polar surface area (TPSA) is 59.4 Å². The lowest BCUT2D eigenvalue weighted by Gasteiger charge is -2.13. The van der Waals surface area contributed by atoms with E-state index in [1.54, 1.807) is 27.9 Å². The third-order valence-corrected chi connectivity index (χ3v) is 6.66. The Hall–Kier alpha value is -1.79. The average Bonchev–Trinajstić information content (AvgIpc) is 2.83. The van der Waals surface area contributed by atoms with Crippen LogP contribution in [0, 0.1) is 13.8 Å². The van der Waals surface area contributed by atoms with Gasteiger partial charge in [0.25, 0.3) is 5.91 Å². The molecule has 0 atom stereocenters. The van der Waals surface area contributed by atoms with Crippen molar-refractivity contribution < 1.29 is 13.2 Å². The Morgan fingerprint density at radius 2 is 1.69 bits per heavy atom. The molecule has 1 amide bonds. The number of carbonyl (C=O) groups is 1. The Morgan fingerprint density at radius 1 is 1.12 bits per heavy atom. The van der Waals surface area contributed by atoms with E-state index in [0.29, 0.717) is 23.0 Å². The minimum absolute atomic E-state index is 0.0899. The van der Waals surface area contributed by atoms with Gasteiger partial charge in [0.05, 0.1) is 10.5 Å². The van der Waals surface area contributed by atoms with Crippen LogP contribution >= 0.6 is 11.6 Å². The second kappa shape index (κ2) is 7.84. The van der Waals surface area contributed by atoms with E-state index in [4.69, 9.17) is 11.6 Å². The Labute approximate surface area is 160 Å².